The van der Waals surface area contributed by atoms with Crippen LogP contribution in [0.1, 0.15) is 18.1 Å². The first kappa shape index (κ1) is 16.1. The normalized spacial score (nSPS) is 11.5. The third kappa shape index (κ3) is 3.97. The Kier molecular flexibility index (Phi) is 4.86. The predicted octanol–water partition coefficient (Wildman–Crippen LogP) is 3.98. The van der Waals surface area contributed by atoms with Crippen LogP contribution in [0.2, 0.25) is 0 Å². The Bertz CT molecular complexity index is 852. The number of hydrogen-bond acceptors (Lipinski definition) is 5. The summed E-state index contributed by atoms with van der Waals surface area (Å²) in [4.78, 5) is 21.4. The first-order chi connectivity index (χ1) is 11.6. The summed E-state index contributed by atoms with van der Waals surface area (Å²) in [5.74, 6) is -0.283. The Labute approximate surface area is 144 Å². The predicted molar refractivity (Wildman–Crippen MR) is 97.6 cm³/mol. The van der Waals surface area contributed by atoms with Gasteiger partial charge >= 0.3 is 0 Å². The van der Waals surface area contributed by atoms with Crippen LogP contribution in [0.25, 0.3) is 10.2 Å². The molecular formula is C18H17N3O2S. The van der Waals surface area contributed by atoms with Crippen molar-refractivity contribution in [2.24, 2.45) is 5.16 Å². The molecule has 1 N–H and O–H groups in total. The van der Waals surface area contributed by atoms with Crippen LogP contribution in [0.15, 0.2) is 53.7 Å². The molecular weight excluding hydrogens is 322 g/mol. The number of nitrogens with one attached hydrogen (secondary N) is 1. The highest BCUT2D eigenvalue weighted by atomic mass is 32.1. The van der Waals surface area contributed by atoms with Gasteiger partial charge in [0.1, 0.15) is 0 Å². The van der Waals surface area contributed by atoms with Gasteiger partial charge in [-0.3, -0.25) is 10.1 Å². The Morgan fingerprint density at radius 2 is 1.96 bits per heavy atom. The minimum Gasteiger partial charge on any atom is -0.385 e. The molecule has 0 radical (unpaired) electrons. The monoisotopic (exact) mass is 339 g/mol. The molecule has 1 amide bonds. The van der Waals surface area contributed by atoms with Crippen LogP contribution in [-0.4, -0.2) is 23.2 Å². The molecule has 1 aromatic heterocycles. The molecule has 0 aliphatic heterocycles. The smallest absolute Gasteiger partial charge is 0.266 e. The van der Waals surface area contributed by atoms with E-state index in [2.05, 4.69) is 15.5 Å². The molecule has 6 heteroatoms. The van der Waals surface area contributed by atoms with Crippen LogP contribution in [0.3, 0.4) is 0 Å². The number of nitrogens with zero attached hydrogens (tertiary/aromatic N) is 2. The lowest BCUT2D eigenvalue weighted by molar-refractivity contribution is -0.120. The zero-order valence-corrected chi connectivity index (χ0v) is 14.3. The van der Waals surface area contributed by atoms with Gasteiger partial charge in [0.2, 0.25) is 0 Å². The molecule has 0 saturated heterocycles. The highest BCUT2D eigenvalue weighted by Crippen LogP contribution is 2.25. The van der Waals surface area contributed by atoms with Crippen LogP contribution in [0, 0.1) is 6.92 Å². The molecule has 3 aromatic rings. The van der Waals surface area contributed by atoms with Gasteiger partial charge in [0.25, 0.3) is 5.91 Å². The largest absolute Gasteiger partial charge is 0.385 e. The highest BCUT2D eigenvalue weighted by Gasteiger charge is 2.08. The molecule has 0 unspecified atom stereocenters. The van der Waals surface area contributed by atoms with Crippen molar-refractivity contribution >= 4 is 38.3 Å². The minimum atomic E-state index is -0.283. The maximum Gasteiger partial charge on any atom is 0.266 e. The van der Waals surface area contributed by atoms with Crippen LogP contribution in [0.5, 0.6) is 0 Å². The van der Waals surface area contributed by atoms with Gasteiger partial charge in [0.05, 0.1) is 15.9 Å². The number of carbonyl (C=O) groups excluding carboxylic acids is 1. The summed E-state index contributed by atoms with van der Waals surface area (Å²) in [6, 6.07) is 15.7. The van der Waals surface area contributed by atoms with Crippen molar-refractivity contribution in [3.05, 3.63) is 59.7 Å². The number of benzene rings is 2. The fourth-order valence-corrected chi connectivity index (χ4v) is 3.00. The summed E-state index contributed by atoms with van der Waals surface area (Å²) in [6.45, 7) is 3.72. The van der Waals surface area contributed by atoms with E-state index in [1.54, 1.807) is 0 Å². The van der Waals surface area contributed by atoms with Crippen LogP contribution in [-0.2, 0) is 9.63 Å². The van der Waals surface area contributed by atoms with Gasteiger partial charge in [0, 0.05) is 0 Å². The summed E-state index contributed by atoms with van der Waals surface area (Å²) in [5.41, 5.74) is 3.74. The van der Waals surface area contributed by atoms with E-state index in [1.807, 2.05) is 62.4 Å². The standard InChI is InChI=1S/C18H17N3O2S/c1-12-7-9-14(10-8-12)13(2)21-23-11-17(22)20-18-19-15-5-3-4-6-16(15)24-18/h3-10H,11H2,1-2H3,(H,19,20,22). The number of oxime groups is 1. The summed E-state index contributed by atoms with van der Waals surface area (Å²) in [6.07, 6.45) is 0. The number of fused-ring (bicyclic) bond motifs is 1. The van der Waals surface area contributed by atoms with Crippen molar-refractivity contribution < 1.29 is 9.63 Å². The molecule has 24 heavy (non-hydrogen) atoms. The summed E-state index contributed by atoms with van der Waals surface area (Å²) < 4.78 is 1.03. The molecule has 1 heterocycles. The number of para-hydroxylation sites is 1. The van der Waals surface area contributed by atoms with Crippen LogP contribution < -0.4 is 5.32 Å². The Hall–Kier alpha value is -2.73. The quantitative estimate of drug-likeness (QED) is 0.565. The van der Waals surface area contributed by atoms with E-state index in [0.717, 1.165) is 21.5 Å². The molecule has 3 rings (SSSR count). The van der Waals surface area contributed by atoms with Gasteiger partial charge in [-0.15, -0.1) is 0 Å². The number of rotatable bonds is 5. The number of aromatic nitrogens is 1. The van der Waals surface area contributed by atoms with Crippen LogP contribution >= 0.6 is 11.3 Å². The van der Waals surface area contributed by atoms with Gasteiger partial charge in [-0.05, 0) is 31.5 Å². The second-order valence-corrected chi connectivity index (χ2v) is 6.38. The van der Waals surface area contributed by atoms with Crippen molar-refractivity contribution in [3.8, 4) is 0 Å². The maximum atomic E-state index is 11.9. The van der Waals surface area contributed by atoms with Crippen molar-refractivity contribution in [2.75, 3.05) is 11.9 Å². The molecule has 0 fully saturated rings. The van der Waals surface area contributed by atoms with Gasteiger partial charge in [-0.2, -0.15) is 0 Å². The molecule has 0 aliphatic carbocycles. The molecule has 5 nitrogen and oxygen atoms in total. The number of anilines is 1. The van der Waals surface area contributed by atoms with Crippen LogP contribution in [0.4, 0.5) is 5.13 Å². The zero-order valence-electron chi connectivity index (χ0n) is 13.4. The lowest BCUT2D eigenvalue weighted by Crippen LogP contribution is -2.17. The Balaban J connectivity index is 1.55. The summed E-state index contributed by atoms with van der Waals surface area (Å²) >= 11 is 1.43. The molecule has 0 saturated carbocycles. The highest BCUT2D eigenvalue weighted by molar-refractivity contribution is 7.22. The number of thiazole rings is 1. The molecule has 0 aliphatic rings. The number of hydrogen-bond donors (Lipinski definition) is 1. The fraction of sp³-hybridized carbons (Fsp3) is 0.167. The molecule has 0 bridgehead atoms. The van der Waals surface area contributed by atoms with Gasteiger partial charge < -0.3 is 4.84 Å². The van der Waals surface area contributed by atoms with Crippen molar-refractivity contribution in [1.29, 1.82) is 0 Å². The first-order valence-electron chi connectivity index (χ1n) is 7.51. The topological polar surface area (TPSA) is 63.6 Å². The zero-order chi connectivity index (χ0) is 16.9. The van der Waals surface area contributed by atoms with E-state index in [9.17, 15) is 4.79 Å². The second-order valence-electron chi connectivity index (χ2n) is 5.35. The third-order valence-corrected chi connectivity index (χ3v) is 4.36. The second kappa shape index (κ2) is 7.23. The molecule has 122 valence electrons. The average molecular weight is 339 g/mol. The van der Waals surface area contributed by atoms with Crippen molar-refractivity contribution in [2.45, 2.75) is 13.8 Å². The average Bonchev–Trinajstić information content (AvgIpc) is 2.97. The first-order valence-corrected chi connectivity index (χ1v) is 8.32. The van der Waals surface area contributed by atoms with E-state index in [4.69, 9.17) is 4.84 Å². The van der Waals surface area contributed by atoms with E-state index >= 15 is 0 Å². The Morgan fingerprint density at radius 1 is 1.21 bits per heavy atom. The van der Waals surface area contributed by atoms with E-state index in [0.29, 0.717) is 5.13 Å². The number of aryl methyl sites for hydroxylation is 1. The summed E-state index contributed by atoms with van der Waals surface area (Å²) in [5, 5.41) is 7.27. The van der Waals surface area contributed by atoms with E-state index < -0.39 is 0 Å². The van der Waals surface area contributed by atoms with Gasteiger partial charge in [-0.1, -0.05) is 58.5 Å². The van der Waals surface area contributed by atoms with Gasteiger partial charge in [-0.25, -0.2) is 4.98 Å². The van der Waals surface area contributed by atoms with E-state index in [-0.39, 0.29) is 12.5 Å². The lowest BCUT2D eigenvalue weighted by atomic mass is 10.1. The molecule has 0 atom stereocenters. The van der Waals surface area contributed by atoms with E-state index in [1.165, 1.54) is 16.9 Å². The SMILES string of the molecule is CC(=NOCC(=O)Nc1nc2ccccc2s1)c1ccc(C)cc1. The number of amides is 1. The Morgan fingerprint density at radius 3 is 2.71 bits per heavy atom. The fourth-order valence-electron chi connectivity index (χ4n) is 2.12. The maximum absolute atomic E-state index is 11.9. The number of carbonyl (C=O) groups is 1. The van der Waals surface area contributed by atoms with Gasteiger partial charge in [0.15, 0.2) is 11.7 Å². The molecule has 2 aromatic carbocycles. The van der Waals surface area contributed by atoms with Crippen molar-refractivity contribution in [3.63, 3.8) is 0 Å². The minimum absolute atomic E-state index is 0.154. The van der Waals surface area contributed by atoms with Crippen molar-refractivity contribution in [1.82, 2.24) is 4.98 Å². The third-order valence-electron chi connectivity index (χ3n) is 3.41. The molecule has 0 spiro atoms. The lowest BCUT2D eigenvalue weighted by Gasteiger charge is -2.03. The summed E-state index contributed by atoms with van der Waals surface area (Å²) in [7, 11) is 0.